The lowest BCUT2D eigenvalue weighted by molar-refractivity contribution is 0.512. The SMILES string of the molecule is CC(C)(C)N[Si](C)(C)[C]1[CH][CH][C]([Si](C)(C)NC(C)(C)C)[CH]1. The first-order chi connectivity index (χ1) is 9.12. The molecule has 1 fully saturated rings. The Labute approximate surface area is 136 Å². The molecule has 21 heavy (non-hydrogen) atoms. The molecule has 0 unspecified atom stereocenters. The van der Waals surface area contributed by atoms with Gasteiger partial charge in [-0.15, -0.1) is 0 Å². The Hall–Kier alpha value is 0.354. The molecule has 0 saturated heterocycles. The zero-order valence-electron chi connectivity index (χ0n) is 15.7. The van der Waals surface area contributed by atoms with Gasteiger partial charge in [0.05, 0.1) is 0 Å². The van der Waals surface area contributed by atoms with Crippen molar-refractivity contribution in [3.8, 4) is 0 Å². The zero-order valence-corrected chi connectivity index (χ0v) is 17.7. The Morgan fingerprint density at radius 3 is 1.19 bits per heavy atom. The average Bonchev–Trinajstić information content (AvgIpc) is 2.57. The Morgan fingerprint density at radius 1 is 0.667 bits per heavy atom. The molecule has 4 heteroatoms. The third-order valence-corrected chi connectivity index (χ3v) is 9.83. The largest absolute Gasteiger partial charge is 0.332 e. The minimum absolute atomic E-state index is 0.170. The highest BCUT2D eigenvalue weighted by Gasteiger charge is 2.46. The van der Waals surface area contributed by atoms with Gasteiger partial charge in [0, 0.05) is 11.1 Å². The van der Waals surface area contributed by atoms with Crippen molar-refractivity contribution < 1.29 is 0 Å². The highest BCUT2D eigenvalue weighted by atomic mass is 28.3. The fourth-order valence-corrected chi connectivity index (χ4v) is 9.46. The number of nitrogens with one attached hydrogen (secondary N) is 2. The fraction of sp³-hybridized carbons (Fsp3) is 0.706. The molecule has 1 rings (SSSR count). The van der Waals surface area contributed by atoms with E-state index in [1.807, 2.05) is 0 Å². The lowest BCUT2D eigenvalue weighted by Gasteiger charge is -2.39. The molecule has 2 nitrogen and oxygen atoms in total. The van der Waals surface area contributed by atoms with Crippen LogP contribution in [0.5, 0.6) is 0 Å². The minimum Gasteiger partial charge on any atom is -0.332 e. The van der Waals surface area contributed by atoms with E-state index in [9.17, 15) is 0 Å². The second kappa shape index (κ2) is 6.10. The Morgan fingerprint density at radius 2 is 0.952 bits per heavy atom. The number of rotatable bonds is 4. The first-order valence-corrected chi connectivity index (χ1v) is 14.0. The van der Waals surface area contributed by atoms with Gasteiger partial charge in [-0.25, -0.2) is 0 Å². The standard InChI is InChI=1S/C17H35N2Si2/c1-16(2,3)18-20(7,8)14-11-12-15(13-14)21(9,10)19-17(4,5)6/h11-13,18-19H,1-10H3. The summed E-state index contributed by atoms with van der Waals surface area (Å²) in [5, 5.41) is 0. The summed E-state index contributed by atoms with van der Waals surface area (Å²) in [7, 11) is -3.17. The molecule has 1 saturated carbocycles. The molecule has 2 N–H and O–H groups in total. The summed E-state index contributed by atoms with van der Waals surface area (Å²) in [6.45, 7) is 23.2. The molecule has 1 aliphatic rings. The number of hydrogen-bond acceptors (Lipinski definition) is 2. The lowest BCUT2D eigenvalue weighted by atomic mass is 10.1. The van der Waals surface area contributed by atoms with Crippen LogP contribution in [0.1, 0.15) is 41.5 Å². The van der Waals surface area contributed by atoms with Crippen molar-refractivity contribution >= 4 is 16.5 Å². The summed E-state index contributed by atoms with van der Waals surface area (Å²) in [6, 6.07) is 0. The summed E-state index contributed by atoms with van der Waals surface area (Å²) in [5.74, 6) is 0. The van der Waals surface area contributed by atoms with Crippen molar-refractivity contribution in [3.05, 3.63) is 30.3 Å². The Kier molecular flexibility index (Phi) is 5.64. The predicted molar refractivity (Wildman–Crippen MR) is 100 cm³/mol. The second-order valence-corrected chi connectivity index (χ2v) is 17.5. The minimum atomic E-state index is -1.59. The van der Waals surface area contributed by atoms with Gasteiger partial charge in [0.2, 0.25) is 0 Å². The van der Waals surface area contributed by atoms with Crippen molar-refractivity contribution in [1.29, 1.82) is 0 Å². The molecule has 0 aromatic rings. The van der Waals surface area contributed by atoms with E-state index in [1.165, 1.54) is 11.1 Å². The van der Waals surface area contributed by atoms with Crippen LogP contribution in [-0.4, -0.2) is 27.5 Å². The van der Waals surface area contributed by atoms with Crippen LogP contribution in [0, 0.1) is 30.3 Å². The topological polar surface area (TPSA) is 24.1 Å². The highest BCUT2D eigenvalue weighted by molar-refractivity contribution is 6.85. The van der Waals surface area contributed by atoms with E-state index in [2.05, 4.69) is 97.0 Å². The van der Waals surface area contributed by atoms with E-state index in [1.54, 1.807) is 0 Å². The Bertz CT molecular complexity index is 317. The van der Waals surface area contributed by atoms with Crippen molar-refractivity contribution in [2.45, 2.75) is 78.8 Å². The monoisotopic (exact) mass is 323 g/mol. The van der Waals surface area contributed by atoms with Crippen LogP contribution in [0.15, 0.2) is 0 Å². The predicted octanol–water partition coefficient (Wildman–Crippen LogP) is 4.03. The van der Waals surface area contributed by atoms with E-state index in [0.717, 1.165) is 0 Å². The van der Waals surface area contributed by atoms with Crippen molar-refractivity contribution in [3.63, 3.8) is 0 Å². The lowest BCUT2D eigenvalue weighted by Crippen LogP contribution is -2.59. The number of hydrogen-bond donors (Lipinski definition) is 2. The van der Waals surface area contributed by atoms with Crippen molar-refractivity contribution in [2.24, 2.45) is 0 Å². The molecule has 0 aromatic heterocycles. The third-order valence-electron chi connectivity index (χ3n) is 3.57. The smallest absolute Gasteiger partial charge is 0.127 e. The fourth-order valence-electron chi connectivity index (χ4n) is 3.24. The van der Waals surface area contributed by atoms with Gasteiger partial charge in [-0.05, 0) is 71.9 Å². The van der Waals surface area contributed by atoms with Gasteiger partial charge < -0.3 is 9.96 Å². The second-order valence-electron chi connectivity index (χ2n) is 9.39. The molecule has 0 heterocycles. The highest BCUT2D eigenvalue weighted by Crippen LogP contribution is 2.41. The van der Waals surface area contributed by atoms with Crippen molar-refractivity contribution in [2.75, 3.05) is 0 Å². The molecule has 5 radical (unpaired) electrons. The van der Waals surface area contributed by atoms with Gasteiger partial charge in [0.1, 0.15) is 16.5 Å². The van der Waals surface area contributed by atoms with Gasteiger partial charge in [0.25, 0.3) is 0 Å². The van der Waals surface area contributed by atoms with Gasteiger partial charge in [-0.2, -0.15) is 0 Å². The van der Waals surface area contributed by atoms with Gasteiger partial charge >= 0.3 is 0 Å². The molecule has 0 aromatic carbocycles. The van der Waals surface area contributed by atoms with Crippen LogP contribution < -0.4 is 9.96 Å². The summed E-state index contributed by atoms with van der Waals surface area (Å²) in [6.07, 6.45) is 7.15. The maximum atomic E-state index is 3.86. The van der Waals surface area contributed by atoms with E-state index in [-0.39, 0.29) is 11.1 Å². The molecule has 0 bridgehead atoms. The quantitative estimate of drug-likeness (QED) is 0.763. The summed E-state index contributed by atoms with van der Waals surface area (Å²) >= 11 is 0. The van der Waals surface area contributed by atoms with E-state index in [0.29, 0.717) is 0 Å². The van der Waals surface area contributed by atoms with Gasteiger partial charge in [-0.3, -0.25) is 0 Å². The van der Waals surface area contributed by atoms with E-state index < -0.39 is 16.5 Å². The molecular weight excluding hydrogens is 288 g/mol. The normalized spacial score (nSPS) is 20.3. The zero-order chi connectivity index (χ0) is 16.7. The van der Waals surface area contributed by atoms with Crippen LogP contribution in [0.25, 0.3) is 0 Å². The van der Waals surface area contributed by atoms with Crippen LogP contribution in [0.2, 0.25) is 26.2 Å². The molecule has 0 aliphatic heterocycles. The summed E-state index contributed by atoms with van der Waals surface area (Å²) in [4.78, 5) is 7.72. The van der Waals surface area contributed by atoms with Crippen LogP contribution in [0.3, 0.4) is 0 Å². The first-order valence-electron chi connectivity index (χ1n) is 7.99. The van der Waals surface area contributed by atoms with Crippen LogP contribution in [-0.2, 0) is 0 Å². The Balaban J connectivity index is 2.71. The third kappa shape index (κ3) is 6.16. The first kappa shape index (κ1) is 19.4. The molecule has 1 aliphatic carbocycles. The van der Waals surface area contributed by atoms with Crippen molar-refractivity contribution in [1.82, 2.24) is 9.96 Å². The summed E-state index contributed by atoms with van der Waals surface area (Å²) in [5.41, 5.74) is 3.38. The maximum Gasteiger partial charge on any atom is 0.127 e. The van der Waals surface area contributed by atoms with Gasteiger partial charge in [-0.1, -0.05) is 26.2 Å². The average molecular weight is 324 g/mol. The molecule has 0 amide bonds. The molecule has 0 spiro atoms. The molecule has 121 valence electrons. The van der Waals surface area contributed by atoms with E-state index in [4.69, 9.17) is 0 Å². The molecular formula is C17H35N2Si2. The van der Waals surface area contributed by atoms with Crippen LogP contribution >= 0.6 is 0 Å². The van der Waals surface area contributed by atoms with Crippen LogP contribution in [0.4, 0.5) is 0 Å². The van der Waals surface area contributed by atoms with Gasteiger partial charge in [0.15, 0.2) is 0 Å². The molecule has 0 atom stereocenters. The summed E-state index contributed by atoms with van der Waals surface area (Å²) < 4.78 is 0. The van der Waals surface area contributed by atoms with E-state index >= 15 is 0 Å². The maximum absolute atomic E-state index is 3.86.